The number of non-ortho nitro benzene ring substituents is 1. The molecule has 2 rings (SSSR count). The molecule has 22 heavy (non-hydrogen) atoms. The van der Waals surface area contributed by atoms with E-state index in [-0.39, 0.29) is 30.3 Å². The smallest absolute Gasteiger partial charge is 0.319 e. The maximum Gasteiger partial charge on any atom is 0.319 e. The van der Waals surface area contributed by atoms with Crippen molar-refractivity contribution in [1.29, 1.82) is 0 Å². The number of anilines is 1. The van der Waals surface area contributed by atoms with Crippen LogP contribution in [0.15, 0.2) is 18.2 Å². The molecular weight excluding hydrogens is 286 g/mol. The van der Waals surface area contributed by atoms with E-state index in [1.54, 1.807) is 6.92 Å². The summed E-state index contributed by atoms with van der Waals surface area (Å²) in [5.41, 5.74) is 1.17. The minimum Gasteiger partial charge on any atom is -0.396 e. The van der Waals surface area contributed by atoms with Crippen LogP contribution in [0.3, 0.4) is 0 Å². The first-order valence-electron chi connectivity index (χ1n) is 7.44. The van der Waals surface area contributed by atoms with Crippen LogP contribution in [0.4, 0.5) is 16.2 Å². The van der Waals surface area contributed by atoms with Gasteiger partial charge in [0, 0.05) is 36.4 Å². The van der Waals surface area contributed by atoms with Crippen LogP contribution in [0.25, 0.3) is 0 Å². The molecule has 0 unspecified atom stereocenters. The van der Waals surface area contributed by atoms with Gasteiger partial charge in [-0.3, -0.25) is 10.1 Å². The number of amides is 2. The summed E-state index contributed by atoms with van der Waals surface area (Å²) in [7, 11) is 0. The van der Waals surface area contributed by atoms with Crippen LogP contribution in [0.1, 0.15) is 31.2 Å². The van der Waals surface area contributed by atoms with Crippen molar-refractivity contribution in [3.05, 3.63) is 33.9 Å². The maximum absolute atomic E-state index is 12.1. The van der Waals surface area contributed by atoms with Gasteiger partial charge in [-0.15, -0.1) is 0 Å². The highest BCUT2D eigenvalue weighted by molar-refractivity contribution is 5.90. The number of benzene rings is 1. The van der Waals surface area contributed by atoms with Crippen LogP contribution in [0, 0.1) is 23.0 Å². The molecule has 0 aromatic heterocycles. The van der Waals surface area contributed by atoms with Crippen molar-refractivity contribution in [2.45, 2.75) is 38.6 Å². The SMILES string of the molecule is Cc1cc([N+](=O)[O-])ccc1NC(=O)N[C@@H]1CCCC[C@H]1CO. The molecule has 0 aliphatic heterocycles. The molecule has 0 saturated heterocycles. The Kier molecular flexibility index (Phi) is 5.32. The van der Waals surface area contributed by atoms with Crippen LogP contribution in [0.2, 0.25) is 0 Å². The molecule has 7 nitrogen and oxygen atoms in total. The predicted molar refractivity (Wildman–Crippen MR) is 82.8 cm³/mol. The molecule has 0 spiro atoms. The lowest BCUT2D eigenvalue weighted by molar-refractivity contribution is -0.384. The molecule has 1 aliphatic carbocycles. The molecular formula is C15H21N3O4. The lowest BCUT2D eigenvalue weighted by Crippen LogP contribution is -2.45. The molecule has 0 bridgehead atoms. The number of nitrogens with zero attached hydrogens (tertiary/aromatic N) is 1. The van der Waals surface area contributed by atoms with Crippen molar-refractivity contribution in [1.82, 2.24) is 5.32 Å². The van der Waals surface area contributed by atoms with Crippen LogP contribution in [0.5, 0.6) is 0 Å². The van der Waals surface area contributed by atoms with Crippen molar-refractivity contribution >= 4 is 17.4 Å². The molecule has 1 fully saturated rings. The summed E-state index contributed by atoms with van der Waals surface area (Å²) in [6.07, 6.45) is 3.89. The highest BCUT2D eigenvalue weighted by atomic mass is 16.6. The molecule has 7 heteroatoms. The van der Waals surface area contributed by atoms with Crippen LogP contribution < -0.4 is 10.6 Å². The van der Waals surface area contributed by atoms with Crippen molar-refractivity contribution in [2.24, 2.45) is 5.92 Å². The molecule has 2 atom stereocenters. The summed E-state index contributed by atoms with van der Waals surface area (Å²) in [6, 6.07) is 3.93. The van der Waals surface area contributed by atoms with Gasteiger partial charge in [-0.2, -0.15) is 0 Å². The van der Waals surface area contributed by atoms with Gasteiger partial charge in [0.15, 0.2) is 0 Å². The fourth-order valence-corrected chi connectivity index (χ4v) is 2.84. The molecule has 1 aromatic carbocycles. The fraction of sp³-hybridized carbons (Fsp3) is 0.533. The Morgan fingerprint density at radius 2 is 2.14 bits per heavy atom. The van der Waals surface area contributed by atoms with Crippen molar-refractivity contribution in [3.63, 3.8) is 0 Å². The second kappa shape index (κ2) is 7.22. The number of urea groups is 1. The molecule has 1 aromatic rings. The number of hydrogen-bond donors (Lipinski definition) is 3. The number of hydrogen-bond acceptors (Lipinski definition) is 4. The average molecular weight is 307 g/mol. The highest BCUT2D eigenvalue weighted by Gasteiger charge is 2.25. The van der Waals surface area contributed by atoms with Gasteiger partial charge in [0.1, 0.15) is 0 Å². The second-order valence-electron chi connectivity index (χ2n) is 5.69. The Bertz CT molecular complexity index is 562. The summed E-state index contributed by atoms with van der Waals surface area (Å²) in [4.78, 5) is 22.3. The van der Waals surface area contributed by atoms with Gasteiger partial charge in [-0.05, 0) is 31.4 Å². The first-order chi connectivity index (χ1) is 10.5. The Hall–Kier alpha value is -2.15. The van der Waals surface area contributed by atoms with Gasteiger partial charge in [0.25, 0.3) is 5.69 Å². The minimum atomic E-state index is -0.468. The number of nitrogens with one attached hydrogen (secondary N) is 2. The number of carbonyl (C=O) groups excluding carboxylic acids is 1. The van der Waals surface area contributed by atoms with E-state index in [4.69, 9.17) is 0 Å². The van der Waals surface area contributed by atoms with Gasteiger partial charge in [-0.1, -0.05) is 12.8 Å². The fourth-order valence-electron chi connectivity index (χ4n) is 2.84. The Balaban J connectivity index is 1.98. The number of rotatable bonds is 4. The van der Waals surface area contributed by atoms with E-state index in [1.807, 2.05) is 0 Å². The number of aliphatic hydroxyl groups excluding tert-OH is 1. The summed E-state index contributed by atoms with van der Waals surface area (Å²) in [5.74, 6) is 0.0949. The van der Waals surface area contributed by atoms with Crippen LogP contribution in [-0.4, -0.2) is 28.7 Å². The standard InChI is InChI=1S/C15H21N3O4/c1-10-8-12(18(21)22)6-7-13(10)16-15(20)17-14-5-3-2-4-11(14)9-19/h6-8,11,14,19H,2-5,9H2,1H3,(H2,16,17,20)/t11-,14+/m0/s1. The minimum absolute atomic E-state index is 0.00363. The molecule has 2 amide bonds. The topological polar surface area (TPSA) is 105 Å². The summed E-state index contributed by atoms with van der Waals surface area (Å²) >= 11 is 0. The molecule has 120 valence electrons. The normalized spacial score (nSPS) is 21.2. The first kappa shape index (κ1) is 16.2. The quantitative estimate of drug-likeness (QED) is 0.587. The van der Waals surface area contributed by atoms with E-state index in [1.165, 1.54) is 18.2 Å². The van der Waals surface area contributed by atoms with E-state index >= 15 is 0 Å². The van der Waals surface area contributed by atoms with Crippen LogP contribution in [-0.2, 0) is 0 Å². The zero-order chi connectivity index (χ0) is 16.1. The Labute approximate surface area is 128 Å². The summed E-state index contributed by atoms with van der Waals surface area (Å²) in [5, 5.41) is 25.7. The maximum atomic E-state index is 12.1. The summed E-state index contributed by atoms with van der Waals surface area (Å²) < 4.78 is 0. The van der Waals surface area contributed by atoms with E-state index in [0.717, 1.165) is 25.7 Å². The Morgan fingerprint density at radius 1 is 1.41 bits per heavy atom. The number of nitro benzene ring substituents is 1. The summed E-state index contributed by atoms with van der Waals surface area (Å²) in [6.45, 7) is 1.78. The van der Waals surface area contributed by atoms with Gasteiger partial charge in [0.2, 0.25) is 0 Å². The van der Waals surface area contributed by atoms with Gasteiger partial charge in [0.05, 0.1) is 4.92 Å². The number of carbonyl (C=O) groups is 1. The highest BCUT2D eigenvalue weighted by Crippen LogP contribution is 2.25. The first-order valence-corrected chi connectivity index (χ1v) is 7.44. The molecule has 1 aliphatic rings. The zero-order valence-corrected chi connectivity index (χ0v) is 12.5. The van der Waals surface area contributed by atoms with Gasteiger partial charge in [-0.25, -0.2) is 4.79 Å². The number of aryl methyl sites for hydroxylation is 1. The number of aliphatic hydroxyl groups is 1. The second-order valence-corrected chi connectivity index (χ2v) is 5.69. The molecule has 3 N–H and O–H groups in total. The predicted octanol–water partition coefficient (Wildman–Crippen LogP) is 2.58. The lowest BCUT2D eigenvalue weighted by atomic mass is 9.85. The van der Waals surface area contributed by atoms with E-state index in [2.05, 4.69) is 10.6 Å². The number of nitro groups is 1. The molecule has 0 heterocycles. The van der Waals surface area contributed by atoms with Crippen LogP contribution >= 0.6 is 0 Å². The van der Waals surface area contributed by atoms with Gasteiger partial charge >= 0.3 is 6.03 Å². The zero-order valence-electron chi connectivity index (χ0n) is 12.5. The molecule has 0 radical (unpaired) electrons. The van der Waals surface area contributed by atoms with Crippen molar-refractivity contribution in [3.8, 4) is 0 Å². The lowest BCUT2D eigenvalue weighted by Gasteiger charge is -2.30. The largest absolute Gasteiger partial charge is 0.396 e. The van der Waals surface area contributed by atoms with E-state index in [9.17, 15) is 20.0 Å². The van der Waals surface area contributed by atoms with Gasteiger partial charge < -0.3 is 15.7 Å². The van der Waals surface area contributed by atoms with E-state index < -0.39 is 4.92 Å². The third kappa shape index (κ3) is 3.94. The van der Waals surface area contributed by atoms with E-state index in [0.29, 0.717) is 11.3 Å². The Morgan fingerprint density at radius 3 is 2.77 bits per heavy atom. The third-order valence-corrected chi connectivity index (χ3v) is 4.13. The third-order valence-electron chi connectivity index (χ3n) is 4.13. The van der Waals surface area contributed by atoms with Crippen molar-refractivity contribution in [2.75, 3.05) is 11.9 Å². The van der Waals surface area contributed by atoms with Crippen molar-refractivity contribution < 1.29 is 14.8 Å². The monoisotopic (exact) mass is 307 g/mol. The molecule has 1 saturated carbocycles. The average Bonchev–Trinajstić information content (AvgIpc) is 2.49.